The van der Waals surface area contributed by atoms with Gasteiger partial charge in [0.2, 0.25) is 0 Å². The van der Waals surface area contributed by atoms with E-state index in [4.69, 9.17) is 21.1 Å². The lowest BCUT2D eigenvalue weighted by Crippen LogP contribution is -1.98. The molecule has 0 spiro atoms. The fraction of sp³-hybridized carbons (Fsp3) is 0. The zero-order valence-corrected chi connectivity index (χ0v) is 13.7. The molecule has 0 bridgehead atoms. The predicted molar refractivity (Wildman–Crippen MR) is 91.2 cm³/mol. The van der Waals surface area contributed by atoms with E-state index in [-0.39, 0.29) is 0 Å². The third kappa shape index (κ3) is 2.36. The molecular weight excluding hydrogens is 364 g/mol. The largest absolute Gasteiger partial charge is 0.450 e. The molecule has 3 aromatic rings. The summed E-state index contributed by atoms with van der Waals surface area (Å²) in [6.07, 6.45) is 0. The quantitative estimate of drug-likeness (QED) is 0.371. The molecule has 1 aliphatic heterocycles. The summed E-state index contributed by atoms with van der Waals surface area (Å²) in [6, 6.07) is 19.3. The van der Waals surface area contributed by atoms with Crippen molar-refractivity contribution in [3.05, 3.63) is 70.2 Å². The second kappa shape index (κ2) is 5.34. The molecule has 0 saturated carbocycles. The highest BCUT2D eigenvalue weighted by Gasteiger charge is 2.19. The average molecular weight is 374 g/mol. The van der Waals surface area contributed by atoms with Crippen molar-refractivity contribution in [3.63, 3.8) is 0 Å². The van der Waals surface area contributed by atoms with E-state index in [1.165, 1.54) is 0 Å². The third-order valence-corrected chi connectivity index (χ3v) is 4.28. The predicted octanol–water partition coefficient (Wildman–Crippen LogP) is 6.67. The first-order chi connectivity index (χ1) is 10.7. The number of halogens is 2. The number of fused-ring (bicyclic) bond motifs is 2. The van der Waals surface area contributed by atoms with Crippen molar-refractivity contribution in [1.82, 2.24) is 0 Å². The van der Waals surface area contributed by atoms with Crippen molar-refractivity contribution >= 4 is 27.5 Å². The van der Waals surface area contributed by atoms with E-state index in [1.807, 2.05) is 60.7 Å². The highest BCUT2D eigenvalue weighted by Crippen LogP contribution is 2.46. The van der Waals surface area contributed by atoms with E-state index in [9.17, 15) is 0 Å². The maximum atomic E-state index is 6.33. The summed E-state index contributed by atoms with van der Waals surface area (Å²) in [5, 5.41) is 0.687. The monoisotopic (exact) mass is 372 g/mol. The molecule has 0 radical (unpaired) electrons. The third-order valence-electron chi connectivity index (χ3n) is 3.47. The van der Waals surface area contributed by atoms with Gasteiger partial charge in [-0.15, -0.1) is 0 Å². The van der Waals surface area contributed by atoms with Crippen LogP contribution in [0.25, 0.3) is 11.1 Å². The van der Waals surface area contributed by atoms with Crippen molar-refractivity contribution < 1.29 is 9.47 Å². The topological polar surface area (TPSA) is 18.5 Å². The number of hydrogen-bond donors (Lipinski definition) is 0. The second-order valence-corrected chi connectivity index (χ2v) is 6.26. The van der Waals surface area contributed by atoms with Gasteiger partial charge < -0.3 is 9.47 Å². The fourth-order valence-corrected chi connectivity index (χ4v) is 3.20. The van der Waals surface area contributed by atoms with Crippen LogP contribution in [0.1, 0.15) is 0 Å². The number of ether oxygens (including phenoxy) is 2. The SMILES string of the molecule is Clc1cc(Br)ccc1-c1ccc2c(c1)Oc1ccccc1O2. The molecule has 0 atom stereocenters. The Kier molecular flexibility index (Phi) is 3.32. The molecule has 0 saturated heterocycles. The summed E-state index contributed by atoms with van der Waals surface area (Å²) in [5.74, 6) is 2.84. The van der Waals surface area contributed by atoms with Crippen LogP contribution >= 0.6 is 27.5 Å². The Morgan fingerprint density at radius 2 is 1.41 bits per heavy atom. The molecule has 22 heavy (non-hydrogen) atoms. The maximum absolute atomic E-state index is 6.33. The van der Waals surface area contributed by atoms with Crippen LogP contribution in [0.3, 0.4) is 0 Å². The maximum Gasteiger partial charge on any atom is 0.170 e. The van der Waals surface area contributed by atoms with E-state index in [0.717, 1.165) is 21.3 Å². The van der Waals surface area contributed by atoms with Gasteiger partial charge in [0.15, 0.2) is 23.0 Å². The standard InChI is InChI=1S/C18H10BrClO2/c19-12-6-7-13(14(20)10-12)11-5-8-17-18(9-11)22-16-4-2-1-3-15(16)21-17/h1-10H. The molecule has 0 N–H and O–H groups in total. The van der Waals surface area contributed by atoms with Gasteiger partial charge in [-0.3, -0.25) is 0 Å². The van der Waals surface area contributed by atoms with Gasteiger partial charge in [0.25, 0.3) is 0 Å². The van der Waals surface area contributed by atoms with E-state index in [2.05, 4.69) is 15.9 Å². The van der Waals surface area contributed by atoms with Gasteiger partial charge in [0.05, 0.1) is 0 Å². The normalized spacial score (nSPS) is 11.9. The fourth-order valence-electron chi connectivity index (χ4n) is 2.42. The molecule has 0 unspecified atom stereocenters. The summed E-state index contributed by atoms with van der Waals surface area (Å²) in [4.78, 5) is 0. The van der Waals surface area contributed by atoms with E-state index < -0.39 is 0 Å². The molecule has 2 nitrogen and oxygen atoms in total. The lowest BCUT2D eigenvalue weighted by molar-refractivity contribution is 0.360. The Balaban J connectivity index is 1.77. The molecule has 4 heteroatoms. The Hall–Kier alpha value is -1.97. The Labute approximate surface area is 141 Å². The van der Waals surface area contributed by atoms with Gasteiger partial charge in [-0.25, -0.2) is 0 Å². The lowest BCUT2D eigenvalue weighted by Gasteiger charge is -2.21. The van der Waals surface area contributed by atoms with Gasteiger partial charge >= 0.3 is 0 Å². The second-order valence-electron chi connectivity index (χ2n) is 4.94. The van der Waals surface area contributed by atoms with Crippen molar-refractivity contribution in [1.29, 1.82) is 0 Å². The molecule has 0 amide bonds. The minimum Gasteiger partial charge on any atom is -0.450 e. The summed E-state index contributed by atoms with van der Waals surface area (Å²) in [6.45, 7) is 0. The Morgan fingerprint density at radius 1 is 0.727 bits per heavy atom. The molecule has 1 aliphatic rings. The van der Waals surface area contributed by atoms with Crippen LogP contribution in [0.5, 0.6) is 23.0 Å². The summed E-state index contributed by atoms with van der Waals surface area (Å²) < 4.78 is 12.7. The molecule has 1 heterocycles. The van der Waals surface area contributed by atoms with Crippen LogP contribution in [-0.2, 0) is 0 Å². The Morgan fingerprint density at radius 3 is 2.14 bits per heavy atom. The minimum atomic E-state index is 0.687. The highest BCUT2D eigenvalue weighted by atomic mass is 79.9. The average Bonchev–Trinajstić information content (AvgIpc) is 2.52. The molecule has 3 aromatic carbocycles. The molecule has 0 aromatic heterocycles. The van der Waals surface area contributed by atoms with Gasteiger partial charge in [0, 0.05) is 15.1 Å². The van der Waals surface area contributed by atoms with Crippen molar-refractivity contribution in [3.8, 4) is 34.1 Å². The number of rotatable bonds is 1. The van der Waals surface area contributed by atoms with Crippen molar-refractivity contribution in [2.75, 3.05) is 0 Å². The van der Waals surface area contributed by atoms with Gasteiger partial charge in [-0.05, 0) is 42.0 Å². The van der Waals surface area contributed by atoms with Crippen molar-refractivity contribution in [2.45, 2.75) is 0 Å². The zero-order chi connectivity index (χ0) is 15.1. The van der Waals surface area contributed by atoms with E-state index in [0.29, 0.717) is 22.3 Å². The lowest BCUT2D eigenvalue weighted by atomic mass is 10.0. The van der Waals surface area contributed by atoms with Crippen LogP contribution in [0.15, 0.2) is 65.1 Å². The zero-order valence-electron chi connectivity index (χ0n) is 11.3. The Bertz CT molecular complexity index is 877. The van der Waals surface area contributed by atoms with E-state index in [1.54, 1.807) is 0 Å². The van der Waals surface area contributed by atoms with Crippen LogP contribution in [0.2, 0.25) is 5.02 Å². The summed E-state index contributed by atoms with van der Waals surface area (Å²) in [7, 11) is 0. The van der Waals surface area contributed by atoms with Crippen LogP contribution in [0.4, 0.5) is 0 Å². The molecule has 0 aliphatic carbocycles. The van der Waals surface area contributed by atoms with Gasteiger partial charge in [-0.1, -0.05) is 51.8 Å². The van der Waals surface area contributed by atoms with Gasteiger partial charge in [0.1, 0.15) is 0 Å². The summed E-state index contributed by atoms with van der Waals surface area (Å²) >= 11 is 9.74. The number of hydrogen-bond acceptors (Lipinski definition) is 2. The summed E-state index contributed by atoms with van der Waals surface area (Å²) in [5.41, 5.74) is 1.94. The molecule has 4 rings (SSSR count). The van der Waals surface area contributed by atoms with Crippen LogP contribution in [0, 0.1) is 0 Å². The van der Waals surface area contributed by atoms with E-state index >= 15 is 0 Å². The molecular formula is C18H10BrClO2. The number of para-hydroxylation sites is 2. The molecule has 0 fully saturated rings. The first-order valence-electron chi connectivity index (χ1n) is 6.75. The first-order valence-corrected chi connectivity index (χ1v) is 7.92. The van der Waals surface area contributed by atoms with Crippen LogP contribution < -0.4 is 9.47 Å². The van der Waals surface area contributed by atoms with Gasteiger partial charge in [-0.2, -0.15) is 0 Å². The first kappa shape index (κ1) is 13.7. The van der Waals surface area contributed by atoms with Crippen molar-refractivity contribution in [2.24, 2.45) is 0 Å². The highest BCUT2D eigenvalue weighted by molar-refractivity contribution is 9.10. The number of benzene rings is 3. The van der Waals surface area contributed by atoms with Crippen LogP contribution in [-0.4, -0.2) is 0 Å². The smallest absolute Gasteiger partial charge is 0.170 e. The molecule has 108 valence electrons. The minimum absolute atomic E-state index is 0.687.